The number of ether oxygens (including phenoxy) is 6. The Kier molecular flexibility index (Phi) is 17.0. The summed E-state index contributed by atoms with van der Waals surface area (Å²) in [6.07, 6.45) is 2.94. The van der Waals surface area contributed by atoms with E-state index >= 15 is 0 Å². The fraction of sp³-hybridized carbons (Fsp3) is 0.500. The van der Waals surface area contributed by atoms with Gasteiger partial charge >= 0.3 is 7.32 Å². The highest BCUT2D eigenvalue weighted by Crippen LogP contribution is 2.29. The Morgan fingerprint density at radius 3 is 0.978 bits per heavy atom. The molecule has 3 rings (SSSR count). The molecule has 0 aliphatic rings. The Hall–Kier alpha value is -3.60. The number of rotatable bonds is 24. The van der Waals surface area contributed by atoms with Crippen molar-refractivity contribution in [1.29, 1.82) is 0 Å². The molecule has 10 heteroatoms. The summed E-state index contributed by atoms with van der Waals surface area (Å²) in [5, 5.41) is 0. The van der Waals surface area contributed by atoms with Crippen LogP contribution in [0.4, 0.5) is 0 Å². The molecular formula is C36H51BO9. The van der Waals surface area contributed by atoms with Crippen LogP contribution in [0.1, 0.15) is 56.7 Å². The number of aryl methyl sites for hydroxylation is 3. The quantitative estimate of drug-likeness (QED) is 0.0730. The molecule has 0 aliphatic carbocycles. The van der Waals surface area contributed by atoms with Crippen LogP contribution in [0.5, 0.6) is 34.5 Å². The molecule has 46 heavy (non-hydrogen) atoms. The molecule has 3 aromatic rings. The van der Waals surface area contributed by atoms with Crippen molar-refractivity contribution in [2.45, 2.75) is 60.8 Å². The Morgan fingerprint density at radius 1 is 0.413 bits per heavy atom. The predicted molar refractivity (Wildman–Crippen MR) is 181 cm³/mol. The fourth-order valence-electron chi connectivity index (χ4n) is 4.31. The number of hydrogen-bond acceptors (Lipinski definition) is 9. The summed E-state index contributed by atoms with van der Waals surface area (Å²) in [5.41, 5.74) is 2.63. The first-order valence-electron chi connectivity index (χ1n) is 16.4. The van der Waals surface area contributed by atoms with E-state index in [4.69, 9.17) is 42.4 Å². The zero-order valence-corrected chi connectivity index (χ0v) is 28.4. The van der Waals surface area contributed by atoms with E-state index in [1.54, 1.807) is 0 Å². The summed E-state index contributed by atoms with van der Waals surface area (Å²) >= 11 is 0. The van der Waals surface area contributed by atoms with E-state index in [0.717, 1.165) is 73.0 Å². The minimum atomic E-state index is -1.09. The van der Waals surface area contributed by atoms with Crippen LogP contribution < -0.4 is 28.2 Å². The largest absolute Gasteiger partial charge is 0.864 e. The lowest BCUT2D eigenvalue weighted by Crippen LogP contribution is -2.37. The Balaban J connectivity index is 1.72. The monoisotopic (exact) mass is 638 g/mol. The lowest BCUT2D eigenvalue weighted by Gasteiger charge is -2.20. The second kappa shape index (κ2) is 21.2. The molecule has 252 valence electrons. The van der Waals surface area contributed by atoms with Crippen molar-refractivity contribution < 1.29 is 42.4 Å². The molecule has 0 amide bonds. The third kappa shape index (κ3) is 13.4. The molecule has 0 aromatic heterocycles. The van der Waals surface area contributed by atoms with Crippen molar-refractivity contribution in [3.05, 3.63) is 71.3 Å². The van der Waals surface area contributed by atoms with E-state index in [1.165, 1.54) is 0 Å². The van der Waals surface area contributed by atoms with Gasteiger partial charge in [0.2, 0.25) is 0 Å². The molecule has 0 bridgehead atoms. The van der Waals surface area contributed by atoms with Crippen molar-refractivity contribution in [2.24, 2.45) is 0 Å². The number of benzene rings is 3. The van der Waals surface area contributed by atoms with Gasteiger partial charge in [-0.25, -0.2) is 0 Å². The van der Waals surface area contributed by atoms with Crippen LogP contribution in [-0.4, -0.2) is 66.8 Å². The van der Waals surface area contributed by atoms with Gasteiger partial charge in [0.05, 0.1) is 19.8 Å². The first-order valence-corrected chi connectivity index (χ1v) is 16.4. The molecule has 0 atom stereocenters. The standard InChI is InChI=1S/C36H51BO9/c1-7-16-38-19-22-41-31-10-13-34(28(4)25-31)44-37(45-35-14-11-32(26-29(35)5)42-23-20-39-17-8-2)46-36-15-12-33(27-30(36)6)43-24-21-40-18-9-3/h10-15,25-27H,7-9,16-24H2,1-6H3. The predicted octanol–water partition coefficient (Wildman–Crippen LogP) is 7.55. The Morgan fingerprint density at radius 2 is 0.717 bits per heavy atom. The second-order valence-corrected chi connectivity index (χ2v) is 10.8. The van der Waals surface area contributed by atoms with Gasteiger partial charge in [-0.05, 0) is 111 Å². The molecule has 0 spiro atoms. The third-order valence-corrected chi connectivity index (χ3v) is 6.64. The average molecular weight is 639 g/mol. The molecule has 0 N–H and O–H groups in total. The molecule has 0 unspecified atom stereocenters. The molecule has 3 aromatic carbocycles. The van der Waals surface area contributed by atoms with Gasteiger partial charge in [0.25, 0.3) is 0 Å². The second-order valence-electron chi connectivity index (χ2n) is 10.8. The van der Waals surface area contributed by atoms with E-state index in [1.807, 2.05) is 75.4 Å². The maximum absolute atomic E-state index is 6.32. The molecule has 0 saturated carbocycles. The molecule has 9 nitrogen and oxygen atoms in total. The van der Waals surface area contributed by atoms with Crippen molar-refractivity contribution in [3.63, 3.8) is 0 Å². The van der Waals surface area contributed by atoms with Gasteiger partial charge in [0.15, 0.2) is 0 Å². The molecular weight excluding hydrogens is 587 g/mol. The first kappa shape index (κ1) is 36.9. The zero-order chi connectivity index (χ0) is 33.0. The third-order valence-electron chi connectivity index (χ3n) is 6.64. The fourth-order valence-corrected chi connectivity index (χ4v) is 4.31. The van der Waals surface area contributed by atoms with Crippen LogP contribution in [-0.2, 0) is 14.2 Å². The lowest BCUT2D eigenvalue weighted by molar-refractivity contribution is 0.101. The van der Waals surface area contributed by atoms with Crippen molar-refractivity contribution in [1.82, 2.24) is 0 Å². The molecule has 0 fully saturated rings. The minimum absolute atomic E-state index is 0.476. The maximum atomic E-state index is 6.32. The van der Waals surface area contributed by atoms with Gasteiger partial charge in [-0.2, -0.15) is 0 Å². The molecule has 0 heterocycles. The highest BCUT2D eigenvalue weighted by Gasteiger charge is 2.32. The Labute approximate surface area is 275 Å². The Bertz CT molecular complexity index is 1130. The topological polar surface area (TPSA) is 83.1 Å². The summed E-state index contributed by atoms with van der Waals surface area (Å²) in [5.74, 6) is 4.03. The van der Waals surface area contributed by atoms with E-state index in [-0.39, 0.29) is 0 Å². The zero-order valence-electron chi connectivity index (χ0n) is 28.4. The lowest BCUT2D eigenvalue weighted by atomic mass is 10.1. The minimum Gasteiger partial charge on any atom is -0.491 e. The summed E-state index contributed by atoms with van der Waals surface area (Å²) in [6.45, 7) is 17.3. The van der Waals surface area contributed by atoms with Crippen LogP contribution in [0.25, 0.3) is 0 Å². The van der Waals surface area contributed by atoms with Crippen LogP contribution >= 0.6 is 0 Å². The van der Waals surface area contributed by atoms with E-state index in [9.17, 15) is 0 Å². The van der Waals surface area contributed by atoms with Gasteiger partial charge in [0, 0.05) is 19.8 Å². The van der Waals surface area contributed by atoms with E-state index in [2.05, 4.69) is 20.8 Å². The maximum Gasteiger partial charge on any atom is 0.864 e. The highest BCUT2D eigenvalue weighted by molar-refractivity contribution is 6.39. The van der Waals surface area contributed by atoms with E-state index in [0.29, 0.717) is 56.9 Å². The van der Waals surface area contributed by atoms with Crippen LogP contribution in [0.2, 0.25) is 0 Å². The number of hydrogen-bond donors (Lipinski definition) is 0. The highest BCUT2D eigenvalue weighted by atomic mass is 16.7. The van der Waals surface area contributed by atoms with Gasteiger partial charge < -0.3 is 42.4 Å². The van der Waals surface area contributed by atoms with E-state index < -0.39 is 7.32 Å². The summed E-state index contributed by atoms with van der Waals surface area (Å²) < 4.78 is 53.1. The van der Waals surface area contributed by atoms with Gasteiger partial charge in [-0.3, -0.25) is 0 Å². The molecule has 0 aliphatic heterocycles. The van der Waals surface area contributed by atoms with Crippen molar-refractivity contribution >= 4 is 7.32 Å². The summed E-state index contributed by atoms with van der Waals surface area (Å²) in [6, 6.07) is 16.9. The van der Waals surface area contributed by atoms with Crippen molar-refractivity contribution in [2.75, 3.05) is 59.5 Å². The van der Waals surface area contributed by atoms with Crippen molar-refractivity contribution in [3.8, 4) is 34.5 Å². The molecule has 0 radical (unpaired) electrons. The average Bonchev–Trinajstić information content (AvgIpc) is 3.04. The smallest absolute Gasteiger partial charge is 0.491 e. The van der Waals surface area contributed by atoms with Crippen LogP contribution in [0, 0.1) is 20.8 Å². The summed E-state index contributed by atoms with van der Waals surface area (Å²) in [4.78, 5) is 0. The van der Waals surface area contributed by atoms with Gasteiger partial charge in [-0.1, -0.05) is 20.8 Å². The first-order chi connectivity index (χ1) is 22.4. The normalized spacial score (nSPS) is 10.8. The van der Waals surface area contributed by atoms with Crippen LogP contribution in [0.3, 0.4) is 0 Å². The summed E-state index contributed by atoms with van der Waals surface area (Å²) in [7, 11) is -1.09. The van der Waals surface area contributed by atoms with Crippen LogP contribution in [0.15, 0.2) is 54.6 Å². The van der Waals surface area contributed by atoms with Gasteiger partial charge in [0.1, 0.15) is 54.3 Å². The molecule has 0 saturated heterocycles. The van der Waals surface area contributed by atoms with Gasteiger partial charge in [-0.15, -0.1) is 0 Å². The SMILES string of the molecule is CCCOCCOc1ccc(OB(Oc2ccc(OCCOCCC)cc2C)Oc2ccc(OCCOCCC)cc2C)c(C)c1.